The first kappa shape index (κ1) is 18.2. The number of anilines is 2. The number of fused-ring (bicyclic) bond motifs is 1. The molecule has 0 unspecified atom stereocenters. The molecule has 0 saturated carbocycles. The Balaban J connectivity index is 1.82. The lowest BCUT2D eigenvalue weighted by molar-refractivity contribution is -0.136. The maximum Gasteiger partial charge on any atom is 0.242 e. The smallest absolute Gasteiger partial charge is 0.242 e. The molecule has 0 spiro atoms. The van der Waals surface area contributed by atoms with Gasteiger partial charge in [-0.25, -0.2) is 0 Å². The Hall–Kier alpha value is -2.62. The first-order chi connectivity index (χ1) is 12.3. The molecule has 0 aliphatic carbocycles. The van der Waals surface area contributed by atoms with Crippen LogP contribution < -0.4 is 10.2 Å². The summed E-state index contributed by atoms with van der Waals surface area (Å²) < 4.78 is 0. The molecule has 3 rings (SSSR count). The fraction of sp³-hybridized carbons (Fsp3) is 0.364. The molecule has 4 nitrogen and oxygen atoms in total. The normalized spacial score (nSPS) is 13.9. The van der Waals surface area contributed by atoms with Crippen molar-refractivity contribution in [2.24, 2.45) is 5.41 Å². The molecular weight excluding hydrogens is 324 g/mol. The second-order valence-corrected chi connectivity index (χ2v) is 7.57. The van der Waals surface area contributed by atoms with Crippen molar-refractivity contribution < 1.29 is 9.59 Å². The van der Waals surface area contributed by atoms with Crippen molar-refractivity contribution in [3.8, 4) is 0 Å². The van der Waals surface area contributed by atoms with Crippen LogP contribution in [0.15, 0.2) is 42.5 Å². The summed E-state index contributed by atoms with van der Waals surface area (Å²) in [4.78, 5) is 27.8. The van der Waals surface area contributed by atoms with Gasteiger partial charge in [-0.15, -0.1) is 0 Å². The van der Waals surface area contributed by atoms with Crippen molar-refractivity contribution in [2.75, 3.05) is 16.8 Å². The second kappa shape index (κ2) is 6.94. The fourth-order valence-electron chi connectivity index (χ4n) is 3.29. The lowest BCUT2D eigenvalue weighted by Crippen LogP contribution is -2.49. The van der Waals surface area contributed by atoms with E-state index in [4.69, 9.17) is 0 Å². The average molecular weight is 350 g/mol. The second-order valence-electron chi connectivity index (χ2n) is 7.57. The van der Waals surface area contributed by atoms with Crippen molar-refractivity contribution in [2.45, 2.75) is 40.5 Å². The van der Waals surface area contributed by atoms with E-state index in [0.717, 1.165) is 35.3 Å². The van der Waals surface area contributed by atoms with E-state index in [0.29, 0.717) is 6.54 Å². The van der Waals surface area contributed by atoms with Crippen LogP contribution in [0, 0.1) is 19.3 Å². The molecule has 2 aromatic rings. The zero-order valence-corrected chi connectivity index (χ0v) is 15.9. The highest BCUT2D eigenvalue weighted by molar-refractivity contribution is 6.15. The van der Waals surface area contributed by atoms with Gasteiger partial charge in [0.25, 0.3) is 0 Å². The van der Waals surface area contributed by atoms with Crippen molar-refractivity contribution in [1.82, 2.24) is 0 Å². The Morgan fingerprint density at radius 3 is 2.50 bits per heavy atom. The average Bonchev–Trinajstić information content (AvgIpc) is 2.63. The number of hydrogen-bond acceptors (Lipinski definition) is 2. The number of carbonyl (C=O) groups is 2. The molecule has 0 fully saturated rings. The van der Waals surface area contributed by atoms with E-state index in [1.165, 1.54) is 5.56 Å². The van der Waals surface area contributed by atoms with E-state index in [9.17, 15) is 9.59 Å². The number of para-hydroxylation sites is 1. The summed E-state index contributed by atoms with van der Waals surface area (Å²) in [7, 11) is 0. The summed E-state index contributed by atoms with van der Waals surface area (Å²) in [6.45, 7) is 8.08. The molecule has 0 saturated heterocycles. The van der Waals surface area contributed by atoms with Crippen molar-refractivity contribution >= 4 is 23.2 Å². The first-order valence-corrected chi connectivity index (χ1v) is 9.09. The summed E-state index contributed by atoms with van der Waals surface area (Å²) in [5, 5.41) is 2.91. The van der Waals surface area contributed by atoms with Gasteiger partial charge in [0.1, 0.15) is 5.41 Å². The molecule has 1 aliphatic heterocycles. The Bertz CT molecular complexity index is 855. The van der Waals surface area contributed by atoms with Gasteiger partial charge in [0.2, 0.25) is 11.8 Å². The SMILES string of the molecule is Cc1ccc(NC(=O)C(C)(C)C(=O)N2CCCc3ccccc32)cc1C. The summed E-state index contributed by atoms with van der Waals surface area (Å²) in [5.41, 5.74) is 3.94. The Morgan fingerprint density at radius 1 is 1.04 bits per heavy atom. The molecule has 1 heterocycles. The van der Waals surface area contributed by atoms with Crippen LogP contribution in [0.2, 0.25) is 0 Å². The molecule has 0 aromatic heterocycles. The van der Waals surface area contributed by atoms with E-state index in [1.54, 1.807) is 18.7 Å². The number of aryl methyl sites for hydroxylation is 3. The van der Waals surface area contributed by atoms with Crippen molar-refractivity contribution in [1.29, 1.82) is 0 Å². The first-order valence-electron chi connectivity index (χ1n) is 9.09. The van der Waals surface area contributed by atoms with Crippen LogP contribution in [0.4, 0.5) is 11.4 Å². The molecule has 0 radical (unpaired) electrons. The monoisotopic (exact) mass is 350 g/mol. The number of rotatable bonds is 3. The zero-order valence-electron chi connectivity index (χ0n) is 15.9. The van der Waals surface area contributed by atoms with E-state index in [1.807, 2.05) is 50.2 Å². The van der Waals surface area contributed by atoms with Crippen LogP contribution in [0.1, 0.15) is 37.0 Å². The third-order valence-corrected chi connectivity index (χ3v) is 5.22. The van der Waals surface area contributed by atoms with Gasteiger partial charge >= 0.3 is 0 Å². The van der Waals surface area contributed by atoms with E-state index in [2.05, 4.69) is 11.4 Å². The van der Waals surface area contributed by atoms with Crippen LogP contribution >= 0.6 is 0 Å². The minimum Gasteiger partial charge on any atom is -0.325 e. The Morgan fingerprint density at radius 2 is 1.77 bits per heavy atom. The lowest BCUT2D eigenvalue weighted by Gasteiger charge is -2.35. The van der Waals surface area contributed by atoms with Gasteiger partial charge in [-0.05, 0) is 75.4 Å². The lowest BCUT2D eigenvalue weighted by atomic mass is 9.88. The van der Waals surface area contributed by atoms with Gasteiger partial charge in [0.05, 0.1) is 0 Å². The van der Waals surface area contributed by atoms with E-state index in [-0.39, 0.29) is 11.8 Å². The number of hydrogen-bond donors (Lipinski definition) is 1. The molecular formula is C22H26N2O2. The minimum atomic E-state index is -1.15. The molecule has 26 heavy (non-hydrogen) atoms. The quantitative estimate of drug-likeness (QED) is 0.842. The van der Waals surface area contributed by atoms with Crippen LogP contribution in [-0.2, 0) is 16.0 Å². The number of benzene rings is 2. The van der Waals surface area contributed by atoms with Gasteiger partial charge in [-0.1, -0.05) is 24.3 Å². The van der Waals surface area contributed by atoms with Gasteiger partial charge < -0.3 is 10.2 Å². The van der Waals surface area contributed by atoms with E-state index >= 15 is 0 Å². The van der Waals surface area contributed by atoms with E-state index < -0.39 is 5.41 Å². The molecule has 1 aliphatic rings. The zero-order chi connectivity index (χ0) is 18.9. The topological polar surface area (TPSA) is 49.4 Å². The van der Waals surface area contributed by atoms with Crippen LogP contribution in [-0.4, -0.2) is 18.4 Å². The summed E-state index contributed by atoms with van der Waals surface area (Å²) in [5.74, 6) is -0.445. The largest absolute Gasteiger partial charge is 0.325 e. The maximum atomic E-state index is 13.2. The number of nitrogens with one attached hydrogen (secondary N) is 1. The standard InChI is InChI=1S/C22H26N2O2/c1-15-11-12-18(14-16(15)2)23-20(25)22(3,4)21(26)24-13-7-9-17-8-5-6-10-19(17)24/h5-6,8,10-12,14H,7,9,13H2,1-4H3,(H,23,25). The van der Waals surface area contributed by atoms with Gasteiger partial charge in [0.15, 0.2) is 0 Å². The van der Waals surface area contributed by atoms with Crippen molar-refractivity contribution in [3.63, 3.8) is 0 Å². The van der Waals surface area contributed by atoms with Crippen molar-refractivity contribution in [3.05, 3.63) is 59.2 Å². The summed E-state index contributed by atoms with van der Waals surface area (Å²) >= 11 is 0. The molecule has 2 aromatic carbocycles. The number of amides is 2. The Kier molecular flexibility index (Phi) is 4.86. The summed E-state index contributed by atoms with van der Waals surface area (Å²) in [6, 6.07) is 13.7. The molecule has 0 atom stereocenters. The third-order valence-electron chi connectivity index (χ3n) is 5.22. The van der Waals surface area contributed by atoms with Crippen LogP contribution in [0.5, 0.6) is 0 Å². The Labute approximate surface area is 155 Å². The molecule has 2 amide bonds. The van der Waals surface area contributed by atoms with Crippen LogP contribution in [0.25, 0.3) is 0 Å². The highest BCUT2D eigenvalue weighted by Crippen LogP contribution is 2.31. The predicted molar refractivity (Wildman–Crippen MR) is 105 cm³/mol. The molecule has 4 heteroatoms. The highest BCUT2D eigenvalue weighted by Gasteiger charge is 2.40. The number of nitrogens with zero attached hydrogens (tertiary/aromatic N) is 1. The molecule has 1 N–H and O–H groups in total. The molecule has 136 valence electrons. The molecule has 0 bridgehead atoms. The predicted octanol–water partition coefficient (Wildman–Crippen LogP) is 4.25. The van der Waals surface area contributed by atoms with Gasteiger partial charge in [-0.3, -0.25) is 9.59 Å². The van der Waals surface area contributed by atoms with Gasteiger partial charge in [-0.2, -0.15) is 0 Å². The summed E-state index contributed by atoms with van der Waals surface area (Å²) in [6.07, 6.45) is 1.88. The van der Waals surface area contributed by atoms with Gasteiger partial charge in [0, 0.05) is 17.9 Å². The minimum absolute atomic E-state index is 0.161. The highest BCUT2D eigenvalue weighted by atomic mass is 16.2. The third kappa shape index (κ3) is 3.36. The fourth-order valence-corrected chi connectivity index (χ4v) is 3.29. The number of carbonyl (C=O) groups excluding carboxylic acids is 2. The van der Waals surface area contributed by atoms with Crippen LogP contribution in [0.3, 0.4) is 0 Å². The maximum absolute atomic E-state index is 13.2.